The number of phenols is 1. The molecule has 0 amide bonds. The van der Waals surface area contributed by atoms with Crippen LogP contribution in [-0.4, -0.2) is 10.2 Å². The van der Waals surface area contributed by atoms with Crippen molar-refractivity contribution in [2.75, 3.05) is 0 Å². The van der Waals surface area contributed by atoms with E-state index in [1.165, 1.54) is 0 Å². The minimum atomic E-state index is -0.0217. The van der Waals surface area contributed by atoms with Gasteiger partial charge in [0.2, 0.25) is 0 Å². The number of hydrogen-bond donors (Lipinski definition) is 2. The molecule has 0 fully saturated rings. The molecular formula is C8H9IO2. The maximum atomic E-state index is 9.24. The Hall–Kier alpha value is -0.290. The molecule has 0 spiro atoms. The Kier molecular flexibility index (Phi) is 2.72. The van der Waals surface area contributed by atoms with Crippen LogP contribution in [0.2, 0.25) is 0 Å². The molecule has 0 saturated carbocycles. The molecule has 1 rings (SSSR count). The van der Waals surface area contributed by atoms with E-state index in [-0.39, 0.29) is 12.4 Å². The lowest BCUT2D eigenvalue weighted by molar-refractivity contribution is 0.280. The number of hydrogen-bond acceptors (Lipinski definition) is 2. The number of halogens is 1. The lowest BCUT2D eigenvalue weighted by Crippen LogP contribution is -1.89. The first-order chi connectivity index (χ1) is 5.15. The van der Waals surface area contributed by atoms with Crippen molar-refractivity contribution >= 4 is 22.6 Å². The van der Waals surface area contributed by atoms with E-state index in [2.05, 4.69) is 22.6 Å². The van der Waals surface area contributed by atoms with E-state index in [0.717, 1.165) is 14.7 Å². The van der Waals surface area contributed by atoms with Crippen LogP contribution in [-0.2, 0) is 6.61 Å². The molecule has 2 nitrogen and oxygen atoms in total. The molecule has 60 valence electrons. The van der Waals surface area contributed by atoms with Crippen molar-refractivity contribution in [2.24, 2.45) is 0 Å². The van der Waals surface area contributed by atoms with Crippen LogP contribution in [0.25, 0.3) is 0 Å². The molecule has 0 bridgehead atoms. The lowest BCUT2D eigenvalue weighted by Gasteiger charge is -2.03. The largest absolute Gasteiger partial charge is 0.508 e. The fraction of sp³-hybridized carbons (Fsp3) is 0.250. The van der Waals surface area contributed by atoms with Gasteiger partial charge in [-0.25, -0.2) is 0 Å². The second-order valence-electron chi connectivity index (χ2n) is 2.39. The van der Waals surface area contributed by atoms with Crippen LogP contribution in [0.3, 0.4) is 0 Å². The third-order valence-corrected chi connectivity index (χ3v) is 2.54. The van der Waals surface area contributed by atoms with E-state index in [1.54, 1.807) is 6.07 Å². The fourth-order valence-corrected chi connectivity index (χ4v) is 1.62. The summed E-state index contributed by atoms with van der Waals surface area (Å²) in [6, 6.07) is 3.44. The molecule has 1 aromatic carbocycles. The predicted molar refractivity (Wildman–Crippen MR) is 51.5 cm³/mol. The average Bonchev–Trinajstić information content (AvgIpc) is 1.97. The van der Waals surface area contributed by atoms with Gasteiger partial charge in [-0.05, 0) is 52.8 Å². The zero-order chi connectivity index (χ0) is 8.43. The zero-order valence-corrected chi connectivity index (χ0v) is 8.29. The highest BCUT2D eigenvalue weighted by atomic mass is 127. The SMILES string of the molecule is Cc1cc(I)c(CO)cc1O. The van der Waals surface area contributed by atoms with Crippen LogP contribution < -0.4 is 0 Å². The highest BCUT2D eigenvalue weighted by Gasteiger charge is 2.02. The Morgan fingerprint density at radius 1 is 1.45 bits per heavy atom. The fourth-order valence-electron chi connectivity index (χ4n) is 0.826. The van der Waals surface area contributed by atoms with Gasteiger partial charge in [-0.2, -0.15) is 0 Å². The first-order valence-electron chi connectivity index (χ1n) is 3.24. The molecule has 0 aromatic heterocycles. The first kappa shape index (κ1) is 8.80. The number of phenolic OH excluding ortho intramolecular Hbond substituents is 1. The topological polar surface area (TPSA) is 40.5 Å². The van der Waals surface area contributed by atoms with Gasteiger partial charge in [-0.1, -0.05) is 0 Å². The van der Waals surface area contributed by atoms with Crippen molar-refractivity contribution in [1.82, 2.24) is 0 Å². The van der Waals surface area contributed by atoms with Crippen LogP contribution in [0.4, 0.5) is 0 Å². The van der Waals surface area contributed by atoms with E-state index in [1.807, 2.05) is 13.0 Å². The van der Waals surface area contributed by atoms with Gasteiger partial charge >= 0.3 is 0 Å². The Balaban J connectivity index is 3.21. The number of aliphatic hydroxyl groups is 1. The van der Waals surface area contributed by atoms with Gasteiger partial charge in [0.15, 0.2) is 0 Å². The Morgan fingerprint density at radius 2 is 2.09 bits per heavy atom. The number of rotatable bonds is 1. The Bertz CT molecular complexity index is 271. The van der Waals surface area contributed by atoms with Crippen LogP contribution in [0.15, 0.2) is 12.1 Å². The van der Waals surface area contributed by atoms with Gasteiger partial charge in [-0.3, -0.25) is 0 Å². The summed E-state index contributed by atoms with van der Waals surface area (Å²) in [5.74, 6) is 0.245. The normalized spacial score (nSPS) is 10.1. The number of benzene rings is 1. The monoisotopic (exact) mass is 264 g/mol. The van der Waals surface area contributed by atoms with Gasteiger partial charge < -0.3 is 10.2 Å². The quantitative estimate of drug-likeness (QED) is 0.759. The number of aromatic hydroxyl groups is 1. The summed E-state index contributed by atoms with van der Waals surface area (Å²) < 4.78 is 0.986. The molecule has 0 heterocycles. The van der Waals surface area contributed by atoms with Crippen molar-refractivity contribution in [3.05, 3.63) is 26.8 Å². The van der Waals surface area contributed by atoms with E-state index >= 15 is 0 Å². The van der Waals surface area contributed by atoms with E-state index < -0.39 is 0 Å². The third kappa shape index (κ3) is 1.84. The minimum absolute atomic E-state index is 0.0217. The zero-order valence-electron chi connectivity index (χ0n) is 6.13. The smallest absolute Gasteiger partial charge is 0.118 e. The summed E-state index contributed by atoms with van der Waals surface area (Å²) in [6.07, 6.45) is 0. The second kappa shape index (κ2) is 3.40. The Labute approximate surface area is 79.0 Å². The van der Waals surface area contributed by atoms with E-state index in [9.17, 15) is 5.11 Å². The van der Waals surface area contributed by atoms with Crippen LogP contribution in [0, 0.1) is 10.5 Å². The lowest BCUT2D eigenvalue weighted by atomic mass is 10.1. The highest BCUT2D eigenvalue weighted by molar-refractivity contribution is 14.1. The molecule has 11 heavy (non-hydrogen) atoms. The van der Waals surface area contributed by atoms with Crippen molar-refractivity contribution in [1.29, 1.82) is 0 Å². The maximum Gasteiger partial charge on any atom is 0.118 e. The van der Waals surface area contributed by atoms with Gasteiger partial charge in [0.25, 0.3) is 0 Å². The van der Waals surface area contributed by atoms with Gasteiger partial charge in [0.1, 0.15) is 5.75 Å². The van der Waals surface area contributed by atoms with Gasteiger partial charge in [0.05, 0.1) is 6.61 Å². The number of aryl methyl sites for hydroxylation is 1. The van der Waals surface area contributed by atoms with E-state index in [0.29, 0.717) is 0 Å². The molecule has 0 radical (unpaired) electrons. The van der Waals surface area contributed by atoms with Crippen molar-refractivity contribution < 1.29 is 10.2 Å². The van der Waals surface area contributed by atoms with Crippen molar-refractivity contribution in [2.45, 2.75) is 13.5 Å². The summed E-state index contributed by atoms with van der Waals surface area (Å²) in [5, 5.41) is 18.1. The highest BCUT2D eigenvalue weighted by Crippen LogP contribution is 2.22. The molecule has 0 aliphatic heterocycles. The molecular weight excluding hydrogens is 255 g/mol. The van der Waals surface area contributed by atoms with Crippen LogP contribution in [0.5, 0.6) is 5.75 Å². The predicted octanol–water partition coefficient (Wildman–Crippen LogP) is 1.80. The van der Waals surface area contributed by atoms with Gasteiger partial charge in [0, 0.05) is 3.57 Å². The standard InChI is InChI=1S/C8H9IO2/c1-5-2-7(9)6(4-10)3-8(5)11/h2-3,10-11H,4H2,1H3. The summed E-state index contributed by atoms with van der Waals surface area (Å²) >= 11 is 2.13. The van der Waals surface area contributed by atoms with Crippen molar-refractivity contribution in [3.63, 3.8) is 0 Å². The summed E-state index contributed by atoms with van der Waals surface area (Å²) in [5.41, 5.74) is 1.61. The first-order valence-corrected chi connectivity index (χ1v) is 4.32. The second-order valence-corrected chi connectivity index (χ2v) is 3.55. The third-order valence-electron chi connectivity index (χ3n) is 1.54. The average molecular weight is 264 g/mol. The molecule has 1 aromatic rings. The Morgan fingerprint density at radius 3 is 2.64 bits per heavy atom. The molecule has 0 atom stereocenters. The number of aliphatic hydroxyl groups excluding tert-OH is 1. The molecule has 0 aliphatic carbocycles. The van der Waals surface area contributed by atoms with Crippen molar-refractivity contribution in [3.8, 4) is 5.75 Å². The molecule has 2 N–H and O–H groups in total. The molecule has 0 saturated heterocycles. The maximum absolute atomic E-state index is 9.24. The summed E-state index contributed by atoms with van der Waals surface area (Å²) in [6.45, 7) is 1.81. The molecule has 0 aliphatic rings. The van der Waals surface area contributed by atoms with E-state index in [4.69, 9.17) is 5.11 Å². The van der Waals surface area contributed by atoms with Gasteiger partial charge in [-0.15, -0.1) is 0 Å². The molecule has 0 unspecified atom stereocenters. The minimum Gasteiger partial charge on any atom is -0.508 e. The summed E-state index contributed by atoms with van der Waals surface area (Å²) in [4.78, 5) is 0. The van der Waals surface area contributed by atoms with Crippen LogP contribution in [0.1, 0.15) is 11.1 Å². The van der Waals surface area contributed by atoms with Crippen LogP contribution >= 0.6 is 22.6 Å². The summed E-state index contributed by atoms with van der Waals surface area (Å²) in [7, 11) is 0. The molecule has 3 heteroatoms.